The molecule has 0 atom stereocenters. The van der Waals surface area contributed by atoms with Gasteiger partial charge in [0.1, 0.15) is 17.1 Å². The molecule has 0 aliphatic rings. The zero-order chi connectivity index (χ0) is 18.8. The number of amides is 1. The van der Waals surface area contributed by atoms with E-state index in [1.807, 2.05) is 0 Å². The Hall–Kier alpha value is -3.68. The first-order valence-electron chi connectivity index (χ1n) is 7.63. The number of para-hydroxylation sites is 1. The molecule has 0 fully saturated rings. The molecule has 3 N–H and O–H groups in total. The highest BCUT2D eigenvalue weighted by Crippen LogP contribution is 2.32. The van der Waals surface area contributed by atoms with Crippen molar-refractivity contribution in [2.24, 2.45) is 0 Å². The van der Waals surface area contributed by atoms with Crippen molar-refractivity contribution in [1.82, 2.24) is 15.3 Å². The fourth-order valence-corrected chi connectivity index (χ4v) is 2.60. The van der Waals surface area contributed by atoms with E-state index >= 15 is 0 Å². The maximum absolute atomic E-state index is 12.3. The van der Waals surface area contributed by atoms with Crippen molar-refractivity contribution in [3.63, 3.8) is 0 Å². The summed E-state index contributed by atoms with van der Waals surface area (Å²) in [6, 6.07) is 6.46. The summed E-state index contributed by atoms with van der Waals surface area (Å²) < 4.78 is 4.43. The Kier molecular flexibility index (Phi) is 4.40. The lowest BCUT2D eigenvalue weighted by molar-refractivity contribution is -0.134. The monoisotopic (exact) mass is 353 g/mol. The third-order valence-corrected chi connectivity index (χ3v) is 3.80. The number of carbonyl (C=O) groups excluding carboxylic acids is 3. The van der Waals surface area contributed by atoms with Crippen LogP contribution in [-0.4, -0.2) is 39.8 Å². The molecule has 26 heavy (non-hydrogen) atoms. The van der Waals surface area contributed by atoms with Gasteiger partial charge in [0.25, 0.3) is 5.91 Å². The standard InChI is InChI=1S/C18H15N3O5/c1-9(22)15-17-11(10-4-3-5-13(23)16(10)21-17)8-12(20-15)18(25)19-7-6-14(24)26-2/h3-8,21,23H,1-2H3,(H,19,25). The molecule has 0 radical (unpaired) electrons. The number of hydrogen-bond acceptors (Lipinski definition) is 6. The number of phenols is 1. The minimum atomic E-state index is -0.620. The predicted molar refractivity (Wildman–Crippen MR) is 93.9 cm³/mol. The van der Waals surface area contributed by atoms with Crippen LogP contribution in [0.2, 0.25) is 0 Å². The zero-order valence-corrected chi connectivity index (χ0v) is 14.0. The summed E-state index contributed by atoms with van der Waals surface area (Å²) in [4.78, 5) is 42.4. The first-order chi connectivity index (χ1) is 12.4. The summed E-state index contributed by atoms with van der Waals surface area (Å²) in [5.41, 5.74) is 0.979. The number of ether oxygens (including phenoxy) is 1. The van der Waals surface area contributed by atoms with Crippen molar-refractivity contribution in [3.8, 4) is 5.75 Å². The van der Waals surface area contributed by atoms with Gasteiger partial charge < -0.3 is 20.1 Å². The molecule has 0 aliphatic heterocycles. The molecule has 132 valence electrons. The van der Waals surface area contributed by atoms with Gasteiger partial charge in [0.2, 0.25) is 0 Å². The number of carbonyl (C=O) groups is 3. The van der Waals surface area contributed by atoms with Gasteiger partial charge >= 0.3 is 5.97 Å². The molecule has 0 saturated heterocycles. The van der Waals surface area contributed by atoms with Crippen LogP contribution in [0.5, 0.6) is 5.75 Å². The number of pyridine rings is 1. The van der Waals surface area contributed by atoms with Crippen molar-refractivity contribution in [1.29, 1.82) is 0 Å². The maximum atomic E-state index is 12.3. The Morgan fingerprint density at radius 2 is 2.00 bits per heavy atom. The lowest BCUT2D eigenvalue weighted by atomic mass is 10.1. The smallest absolute Gasteiger partial charge is 0.331 e. The average Bonchev–Trinajstić information content (AvgIpc) is 3.00. The van der Waals surface area contributed by atoms with Crippen LogP contribution in [0.25, 0.3) is 21.8 Å². The van der Waals surface area contributed by atoms with E-state index in [1.54, 1.807) is 12.1 Å². The van der Waals surface area contributed by atoms with E-state index in [-0.39, 0.29) is 22.9 Å². The minimum absolute atomic E-state index is 0.00135. The molecule has 3 aromatic rings. The van der Waals surface area contributed by atoms with Crippen LogP contribution in [0, 0.1) is 0 Å². The van der Waals surface area contributed by atoms with Gasteiger partial charge in [-0.25, -0.2) is 9.78 Å². The molecule has 2 aromatic heterocycles. The molecule has 8 nitrogen and oxygen atoms in total. The Bertz CT molecular complexity index is 1080. The number of phenolic OH excluding ortho intramolecular Hbond substituents is 1. The molecular formula is C18H15N3O5. The van der Waals surface area contributed by atoms with Crippen molar-refractivity contribution < 1.29 is 24.2 Å². The Labute approximate surface area is 147 Å². The van der Waals surface area contributed by atoms with Gasteiger partial charge in [0, 0.05) is 30.0 Å². The van der Waals surface area contributed by atoms with Gasteiger partial charge in [-0.05, 0) is 12.1 Å². The van der Waals surface area contributed by atoms with Crippen LogP contribution < -0.4 is 5.32 Å². The summed E-state index contributed by atoms with van der Waals surface area (Å²) in [5.74, 6) is -1.52. The molecule has 0 spiro atoms. The minimum Gasteiger partial charge on any atom is -0.506 e. The number of nitrogens with zero attached hydrogens (tertiary/aromatic N) is 1. The van der Waals surface area contributed by atoms with Gasteiger partial charge in [-0.3, -0.25) is 9.59 Å². The molecule has 2 heterocycles. The molecule has 1 aromatic carbocycles. The number of fused-ring (bicyclic) bond motifs is 3. The number of nitrogens with one attached hydrogen (secondary N) is 2. The highest BCUT2D eigenvalue weighted by Gasteiger charge is 2.18. The SMILES string of the molecule is COC(=O)C=CNC(=O)c1cc2c([nH]c3c(O)cccc32)c(C(C)=O)n1. The van der Waals surface area contributed by atoms with Crippen molar-refractivity contribution in [2.45, 2.75) is 6.92 Å². The lowest BCUT2D eigenvalue weighted by Crippen LogP contribution is -2.20. The predicted octanol–water partition coefficient (Wildman–Crippen LogP) is 2.04. The number of ketones is 1. The van der Waals surface area contributed by atoms with Crippen molar-refractivity contribution in [3.05, 3.63) is 47.9 Å². The summed E-state index contributed by atoms with van der Waals surface area (Å²) in [5, 5.41) is 13.6. The topological polar surface area (TPSA) is 121 Å². The van der Waals surface area contributed by atoms with E-state index < -0.39 is 11.9 Å². The quantitative estimate of drug-likeness (QED) is 0.375. The number of esters is 1. The summed E-state index contributed by atoms with van der Waals surface area (Å²) >= 11 is 0. The van der Waals surface area contributed by atoms with E-state index in [0.717, 1.165) is 12.3 Å². The molecule has 0 bridgehead atoms. The third-order valence-electron chi connectivity index (χ3n) is 3.80. The zero-order valence-electron chi connectivity index (χ0n) is 14.0. The second kappa shape index (κ2) is 6.67. The fourth-order valence-electron chi connectivity index (χ4n) is 2.60. The summed E-state index contributed by atoms with van der Waals surface area (Å²) in [6.45, 7) is 1.34. The molecule has 3 rings (SSSR count). The van der Waals surface area contributed by atoms with Gasteiger partial charge in [-0.2, -0.15) is 0 Å². The van der Waals surface area contributed by atoms with E-state index in [2.05, 4.69) is 20.0 Å². The third kappa shape index (κ3) is 3.00. The van der Waals surface area contributed by atoms with Crippen LogP contribution in [0.4, 0.5) is 0 Å². The highest BCUT2D eigenvalue weighted by atomic mass is 16.5. The van der Waals surface area contributed by atoms with Crippen LogP contribution in [0.15, 0.2) is 36.5 Å². The normalized spacial score (nSPS) is 11.2. The second-order valence-electron chi connectivity index (χ2n) is 5.49. The van der Waals surface area contributed by atoms with Crippen LogP contribution in [0.1, 0.15) is 27.9 Å². The van der Waals surface area contributed by atoms with Crippen molar-refractivity contribution >= 4 is 39.5 Å². The average molecular weight is 353 g/mol. The molecular weight excluding hydrogens is 338 g/mol. The highest BCUT2D eigenvalue weighted by molar-refractivity contribution is 6.16. The van der Waals surface area contributed by atoms with Gasteiger partial charge in [0.05, 0.1) is 18.1 Å². The van der Waals surface area contributed by atoms with E-state index in [4.69, 9.17) is 0 Å². The van der Waals surface area contributed by atoms with Gasteiger partial charge in [-0.1, -0.05) is 12.1 Å². The number of H-pyrrole nitrogens is 1. The number of aromatic nitrogens is 2. The van der Waals surface area contributed by atoms with E-state index in [9.17, 15) is 19.5 Å². The maximum Gasteiger partial charge on any atom is 0.331 e. The number of rotatable bonds is 4. The van der Waals surface area contributed by atoms with Crippen LogP contribution in [-0.2, 0) is 9.53 Å². The number of benzene rings is 1. The first kappa shape index (κ1) is 17.2. The summed E-state index contributed by atoms with van der Waals surface area (Å²) in [6.07, 6.45) is 2.18. The largest absolute Gasteiger partial charge is 0.506 e. The first-order valence-corrected chi connectivity index (χ1v) is 7.63. The summed E-state index contributed by atoms with van der Waals surface area (Å²) in [7, 11) is 1.22. The number of Topliss-reactive ketones (excluding diaryl/α,β-unsaturated/α-hetero) is 1. The molecule has 0 unspecified atom stereocenters. The molecule has 8 heteroatoms. The van der Waals surface area contributed by atoms with Gasteiger partial charge in [-0.15, -0.1) is 0 Å². The fraction of sp³-hybridized carbons (Fsp3) is 0.111. The number of aromatic amines is 1. The molecule has 0 aliphatic carbocycles. The lowest BCUT2D eigenvalue weighted by Gasteiger charge is -2.04. The number of hydrogen-bond donors (Lipinski definition) is 3. The Morgan fingerprint density at radius 1 is 1.23 bits per heavy atom. The Morgan fingerprint density at radius 3 is 2.69 bits per heavy atom. The number of methoxy groups -OCH3 is 1. The van der Waals surface area contributed by atoms with Crippen molar-refractivity contribution in [2.75, 3.05) is 7.11 Å². The van der Waals surface area contributed by atoms with E-state index in [0.29, 0.717) is 21.8 Å². The molecule has 0 saturated carbocycles. The van der Waals surface area contributed by atoms with E-state index in [1.165, 1.54) is 26.2 Å². The number of aromatic hydroxyl groups is 1. The van der Waals surface area contributed by atoms with Crippen LogP contribution >= 0.6 is 0 Å². The van der Waals surface area contributed by atoms with Gasteiger partial charge in [0.15, 0.2) is 5.78 Å². The Balaban J connectivity index is 2.12. The van der Waals surface area contributed by atoms with Crippen LogP contribution in [0.3, 0.4) is 0 Å². The second-order valence-corrected chi connectivity index (χ2v) is 5.49. The molecule has 1 amide bonds.